The Morgan fingerprint density at radius 2 is 1.81 bits per heavy atom. The molecular weight excluding hydrogens is 336 g/mol. The van der Waals surface area contributed by atoms with Crippen LogP contribution in [0.5, 0.6) is 0 Å². The van der Waals surface area contributed by atoms with Gasteiger partial charge in [-0.3, -0.25) is 4.79 Å². The number of fused-ring (bicyclic) bond motifs is 1. The molecule has 0 radical (unpaired) electrons. The molecule has 0 saturated carbocycles. The van der Waals surface area contributed by atoms with E-state index in [1.165, 1.54) is 22.7 Å². The third kappa shape index (κ3) is 3.65. The maximum absolute atomic E-state index is 13.0. The molecule has 0 saturated heterocycles. The average Bonchev–Trinajstić information content (AvgIpc) is 3.35. The minimum absolute atomic E-state index is 0.00932. The van der Waals surface area contributed by atoms with E-state index in [9.17, 15) is 4.79 Å². The highest BCUT2D eigenvalue weighted by Crippen LogP contribution is 2.20. The Kier molecular flexibility index (Phi) is 4.79. The number of carbonyl (C=O) groups excluding carboxylic acids is 1. The van der Waals surface area contributed by atoms with Crippen molar-refractivity contribution in [3.8, 4) is 0 Å². The SMILES string of the molecule is Cn1c(CN(CCc2ccccc2)C(=O)c2ccoc2)cc2ccccc21. The molecule has 0 aliphatic heterocycles. The summed E-state index contributed by atoms with van der Waals surface area (Å²) in [4.78, 5) is 14.9. The van der Waals surface area contributed by atoms with Gasteiger partial charge in [0.2, 0.25) is 0 Å². The van der Waals surface area contributed by atoms with Gasteiger partial charge in [-0.05, 0) is 35.6 Å². The summed E-state index contributed by atoms with van der Waals surface area (Å²) in [6, 6.07) is 22.4. The van der Waals surface area contributed by atoms with Crippen molar-refractivity contribution < 1.29 is 9.21 Å². The molecule has 1 amide bonds. The maximum atomic E-state index is 13.0. The number of carbonyl (C=O) groups is 1. The van der Waals surface area contributed by atoms with Crippen LogP contribution in [-0.4, -0.2) is 21.9 Å². The average molecular weight is 358 g/mol. The number of nitrogens with zero attached hydrogens (tertiary/aromatic N) is 2. The quantitative estimate of drug-likeness (QED) is 0.503. The van der Waals surface area contributed by atoms with Crippen molar-refractivity contribution in [3.05, 3.63) is 96.1 Å². The highest BCUT2D eigenvalue weighted by atomic mass is 16.3. The summed E-state index contributed by atoms with van der Waals surface area (Å²) in [7, 11) is 2.05. The number of benzene rings is 2. The molecule has 0 bridgehead atoms. The van der Waals surface area contributed by atoms with Gasteiger partial charge in [0.15, 0.2) is 0 Å². The van der Waals surface area contributed by atoms with Crippen LogP contribution in [-0.2, 0) is 20.0 Å². The number of furan rings is 1. The van der Waals surface area contributed by atoms with E-state index in [0.717, 1.165) is 12.1 Å². The van der Waals surface area contributed by atoms with Gasteiger partial charge in [0, 0.05) is 24.8 Å². The van der Waals surface area contributed by atoms with Gasteiger partial charge < -0.3 is 13.9 Å². The predicted molar refractivity (Wildman–Crippen MR) is 107 cm³/mol. The monoisotopic (exact) mass is 358 g/mol. The first-order valence-corrected chi connectivity index (χ1v) is 9.11. The minimum Gasteiger partial charge on any atom is -0.472 e. The lowest BCUT2D eigenvalue weighted by atomic mass is 10.1. The number of hydrogen-bond donors (Lipinski definition) is 0. The highest BCUT2D eigenvalue weighted by molar-refractivity contribution is 5.94. The van der Waals surface area contributed by atoms with E-state index in [0.29, 0.717) is 18.7 Å². The summed E-state index contributed by atoms with van der Waals surface area (Å²) in [5, 5.41) is 1.19. The molecule has 27 heavy (non-hydrogen) atoms. The van der Waals surface area contributed by atoms with Gasteiger partial charge in [0.05, 0.1) is 18.4 Å². The lowest BCUT2D eigenvalue weighted by Crippen LogP contribution is -2.33. The zero-order chi connectivity index (χ0) is 18.6. The predicted octanol–water partition coefficient (Wildman–Crippen LogP) is 4.66. The zero-order valence-corrected chi connectivity index (χ0v) is 15.3. The van der Waals surface area contributed by atoms with Crippen molar-refractivity contribution in [2.45, 2.75) is 13.0 Å². The Morgan fingerprint density at radius 3 is 2.56 bits per heavy atom. The van der Waals surface area contributed by atoms with E-state index in [-0.39, 0.29) is 5.91 Å². The fraction of sp³-hybridized carbons (Fsp3) is 0.174. The van der Waals surface area contributed by atoms with E-state index in [4.69, 9.17) is 4.42 Å². The topological polar surface area (TPSA) is 38.4 Å². The van der Waals surface area contributed by atoms with Crippen molar-refractivity contribution in [2.75, 3.05) is 6.54 Å². The Balaban J connectivity index is 1.60. The van der Waals surface area contributed by atoms with Crippen molar-refractivity contribution in [3.63, 3.8) is 0 Å². The summed E-state index contributed by atoms with van der Waals surface area (Å²) in [5.74, 6) is -0.00932. The molecule has 136 valence electrons. The molecule has 0 unspecified atom stereocenters. The zero-order valence-electron chi connectivity index (χ0n) is 15.3. The molecule has 2 aromatic carbocycles. The number of aryl methyl sites for hydroxylation is 1. The molecule has 0 spiro atoms. The number of hydrogen-bond acceptors (Lipinski definition) is 2. The molecule has 2 heterocycles. The van der Waals surface area contributed by atoms with Crippen LogP contribution in [0.3, 0.4) is 0 Å². The molecular formula is C23H22N2O2. The van der Waals surface area contributed by atoms with Crippen LogP contribution in [0.4, 0.5) is 0 Å². The smallest absolute Gasteiger partial charge is 0.257 e. The van der Waals surface area contributed by atoms with Gasteiger partial charge in [-0.1, -0.05) is 48.5 Å². The molecule has 4 nitrogen and oxygen atoms in total. The summed E-state index contributed by atoms with van der Waals surface area (Å²) < 4.78 is 7.28. The first-order valence-electron chi connectivity index (χ1n) is 9.11. The van der Waals surface area contributed by atoms with Crippen LogP contribution < -0.4 is 0 Å². The van der Waals surface area contributed by atoms with Gasteiger partial charge in [-0.25, -0.2) is 0 Å². The third-order valence-electron chi connectivity index (χ3n) is 4.97. The first kappa shape index (κ1) is 17.2. The molecule has 0 fully saturated rings. The van der Waals surface area contributed by atoms with Gasteiger partial charge in [-0.2, -0.15) is 0 Å². The summed E-state index contributed by atoms with van der Waals surface area (Å²) >= 11 is 0. The van der Waals surface area contributed by atoms with Crippen LogP contribution in [0.25, 0.3) is 10.9 Å². The number of aromatic nitrogens is 1. The van der Waals surface area contributed by atoms with Crippen molar-refractivity contribution in [1.82, 2.24) is 9.47 Å². The van der Waals surface area contributed by atoms with Crippen LogP contribution in [0.2, 0.25) is 0 Å². The third-order valence-corrected chi connectivity index (χ3v) is 4.97. The maximum Gasteiger partial charge on any atom is 0.257 e. The number of para-hydroxylation sites is 1. The van der Waals surface area contributed by atoms with Crippen molar-refractivity contribution >= 4 is 16.8 Å². The second-order valence-electron chi connectivity index (χ2n) is 6.73. The highest BCUT2D eigenvalue weighted by Gasteiger charge is 2.19. The second-order valence-corrected chi connectivity index (χ2v) is 6.73. The van der Waals surface area contributed by atoms with Crippen LogP contribution in [0, 0.1) is 0 Å². The summed E-state index contributed by atoms with van der Waals surface area (Å²) in [5.41, 5.74) is 4.09. The Labute approximate surface area is 158 Å². The molecule has 4 aromatic rings. The van der Waals surface area contributed by atoms with E-state index in [2.05, 4.69) is 41.9 Å². The van der Waals surface area contributed by atoms with Crippen LogP contribution >= 0.6 is 0 Å². The Bertz CT molecular complexity index is 1030. The van der Waals surface area contributed by atoms with Crippen molar-refractivity contribution in [1.29, 1.82) is 0 Å². The molecule has 2 aromatic heterocycles. The van der Waals surface area contributed by atoms with Crippen molar-refractivity contribution in [2.24, 2.45) is 7.05 Å². The van der Waals surface area contributed by atoms with E-state index < -0.39 is 0 Å². The van der Waals surface area contributed by atoms with Gasteiger partial charge in [0.25, 0.3) is 5.91 Å². The van der Waals surface area contributed by atoms with Gasteiger partial charge in [-0.15, -0.1) is 0 Å². The van der Waals surface area contributed by atoms with E-state index in [1.54, 1.807) is 12.3 Å². The largest absolute Gasteiger partial charge is 0.472 e. The molecule has 0 aliphatic rings. The normalized spacial score (nSPS) is 11.0. The lowest BCUT2D eigenvalue weighted by Gasteiger charge is -2.23. The fourth-order valence-electron chi connectivity index (χ4n) is 3.42. The number of amides is 1. The molecule has 4 heteroatoms. The number of rotatable bonds is 6. The molecule has 0 aliphatic carbocycles. The van der Waals surface area contributed by atoms with E-state index in [1.807, 2.05) is 35.2 Å². The fourth-order valence-corrected chi connectivity index (χ4v) is 3.42. The Morgan fingerprint density at radius 1 is 1.04 bits per heavy atom. The molecule has 4 rings (SSSR count). The first-order chi connectivity index (χ1) is 13.2. The van der Waals surface area contributed by atoms with Gasteiger partial charge >= 0.3 is 0 Å². The standard InChI is InChI=1S/C23H22N2O2/c1-24-21(15-19-9-5-6-10-22(19)24)16-25(23(26)20-12-14-27-17-20)13-11-18-7-3-2-4-8-18/h2-10,12,14-15,17H,11,13,16H2,1H3. The lowest BCUT2D eigenvalue weighted by molar-refractivity contribution is 0.0741. The minimum atomic E-state index is -0.00932. The summed E-state index contributed by atoms with van der Waals surface area (Å²) in [6.07, 6.45) is 3.87. The van der Waals surface area contributed by atoms with E-state index >= 15 is 0 Å². The summed E-state index contributed by atoms with van der Waals surface area (Å²) in [6.45, 7) is 1.21. The van der Waals surface area contributed by atoms with Gasteiger partial charge in [0.1, 0.15) is 6.26 Å². The van der Waals surface area contributed by atoms with Crippen LogP contribution in [0.1, 0.15) is 21.6 Å². The molecule has 0 N–H and O–H groups in total. The Hall–Kier alpha value is -3.27. The second kappa shape index (κ2) is 7.54. The van der Waals surface area contributed by atoms with Crippen LogP contribution in [0.15, 0.2) is 83.7 Å². The molecule has 0 atom stereocenters.